The van der Waals surface area contributed by atoms with Gasteiger partial charge in [-0.2, -0.15) is 0 Å². The summed E-state index contributed by atoms with van der Waals surface area (Å²) in [4.78, 5) is 25.7. The van der Waals surface area contributed by atoms with E-state index in [1.54, 1.807) is 0 Å². The Hall–Kier alpha value is -2.11. The van der Waals surface area contributed by atoms with E-state index < -0.39 is 11.9 Å². The number of carbonyl (C=O) groups is 2. The summed E-state index contributed by atoms with van der Waals surface area (Å²) in [6, 6.07) is 7.60. The fourth-order valence-electron chi connectivity index (χ4n) is 7.19. The number of methoxy groups -OCH3 is 2. The highest BCUT2D eigenvalue weighted by Gasteiger charge is 2.94. The van der Waals surface area contributed by atoms with Crippen molar-refractivity contribution in [1.82, 2.24) is 0 Å². The molecular formula is C23H21ClO5. The lowest BCUT2D eigenvalue weighted by molar-refractivity contribution is -0.140. The van der Waals surface area contributed by atoms with Crippen molar-refractivity contribution < 1.29 is 23.8 Å². The Kier molecular flexibility index (Phi) is 3.38. The second kappa shape index (κ2) is 5.52. The smallest absolute Gasteiger partial charge is 0.335 e. The first-order valence-corrected chi connectivity index (χ1v) is 10.4. The number of halogens is 1. The van der Waals surface area contributed by atoms with Crippen LogP contribution in [0.25, 0.3) is 6.08 Å². The molecule has 29 heavy (non-hydrogen) atoms. The minimum Gasteiger partial charge on any atom is -0.466 e. The van der Waals surface area contributed by atoms with Gasteiger partial charge in [-0.3, -0.25) is 0 Å². The molecular weight excluding hydrogens is 392 g/mol. The molecule has 0 radical (unpaired) electrons. The van der Waals surface area contributed by atoms with Crippen LogP contribution >= 0.6 is 11.6 Å². The second-order valence-corrected chi connectivity index (χ2v) is 9.20. The number of ether oxygens (including phenoxy) is 3. The van der Waals surface area contributed by atoms with E-state index in [0.29, 0.717) is 28.0 Å². The van der Waals surface area contributed by atoms with Gasteiger partial charge in [0.05, 0.1) is 25.4 Å². The van der Waals surface area contributed by atoms with E-state index >= 15 is 0 Å². The van der Waals surface area contributed by atoms with Crippen LogP contribution in [0.3, 0.4) is 0 Å². The third-order valence-corrected chi connectivity index (χ3v) is 8.21. The lowest BCUT2D eigenvalue weighted by atomic mass is 9.69. The quantitative estimate of drug-likeness (QED) is 0.561. The standard InChI is InChI=1S/C23H21ClO5/c1-27-20(25)16-17(21(26)28-2)19-15(9-11-3-7-14(24)8-4-11)18(16)22-12-5-6-13(10-12)23(19,22)29-22/h3-4,7-9,12-13,18-19H,5-6,10H2,1-2H3/t12-,13-,18+,19+,22+,23+/m0/s1. The van der Waals surface area contributed by atoms with Gasteiger partial charge in [0.15, 0.2) is 0 Å². The van der Waals surface area contributed by atoms with E-state index in [1.807, 2.05) is 24.3 Å². The lowest BCUT2D eigenvalue weighted by Gasteiger charge is -2.29. The first kappa shape index (κ1) is 17.7. The van der Waals surface area contributed by atoms with Crippen LogP contribution in [0, 0.1) is 23.7 Å². The van der Waals surface area contributed by atoms with Crippen LogP contribution in [0.1, 0.15) is 24.8 Å². The molecule has 4 fully saturated rings. The van der Waals surface area contributed by atoms with Crippen LogP contribution in [-0.2, 0) is 23.8 Å². The maximum atomic E-state index is 12.8. The highest BCUT2D eigenvalue weighted by atomic mass is 35.5. The number of rotatable bonds is 3. The Morgan fingerprint density at radius 1 is 1.00 bits per heavy atom. The van der Waals surface area contributed by atoms with E-state index in [9.17, 15) is 9.59 Å². The molecule has 6 rings (SSSR count). The number of benzene rings is 1. The molecule has 1 aromatic rings. The predicted molar refractivity (Wildman–Crippen MR) is 105 cm³/mol. The molecule has 0 spiro atoms. The highest BCUT2D eigenvalue weighted by Crippen LogP contribution is 2.86. The highest BCUT2D eigenvalue weighted by molar-refractivity contribution is 6.30. The largest absolute Gasteiger partial charge is 0.466 e. The van der Waals surface area contributed by atoms with Gasteiger partial charge in [0.1, 0.15) is 11.2 Å². The topological polar surface area (TPSA) is 65.1 Å². The van der Waals surface area contributed by atoms with Crippen molar-refractivity contribution >= 4 is 29.6 Å². The van der Waals surface area contributed by atoms with Crippen LogP contribution < -0.4 is 0 Å². The molecule has 150 valence electrons. The fourth-order valence-corrected chi connectivity index (χ4v) is 7.31. The molecule has 1 aliphatic heterocycles. The summed E-state index contributed by atoms with van der Waals surface area (Å²) in [7, 11) is 2.72. The summed E-state index contributed by atoms with van der Waals surface area (Å²) in [5, 5.41) is 0.670. The normalized spacial score (nSPS) is 40.0. The maximum Gasteiger partial charge on any atom is 0.335 e. The van der Waals surface area contributed by atoms with Crippen LogP contribution in [0.2, 0.25) is 5.02 Å². The van der Waals surface area contributed by atoms with Crippen molar-refractivity contribution in [3.05, 3.63) is 51.6 Å². The van der Waals surface area contributed by atoms with Gasteiger partial charge in [-0.1, -0.05) is 29.8 Å². The Labute approximate surface area is 173 Å². The van der Waals surface area contributed by atoms with Gasteiger partial charge < -0.3 is 14.2 Å². The summed E-state index contributed by atoms with van der Waals surface area (Å²) in [6.45, 7) is 0. The molecule has 0 unspecified atom stereocenters. The van der Waals surface area contributed by atoms with Crippen molar-refractivity contribution in [2.45, 2.75) is 30.5 Å². The van der Waals surface area contributed by atoms with Crippen LogP contribution in [0.5, 0.6) is 0 Å². The summed E-state index contributed by atoms with van der Waals surface area (Å²) in [6.07, 6.45) is 5.45. The van der Waals surface area contributed by atoms with E-state index in [2.05, 4.69) is 6.08 Å². The number of hydrogen-bond donors (Lipinski definition) is 0. The third kappa shape index (κ3) is 1.83. The molecule has 6 atom stereocenters. The van der Waals surface area contributed by atoms with Crippen LogP contribution in [-0.4, -0.2) is 37.4 Å². The van der Waals surface area contributed by atoms with Gasteiger partial charge in [0.2, 0.25) is 0 Å². The zero-order valence-corrected chi connectivity index (χ0v) is 17.0. The lowest BCUT2D eigenvalue weighted by Crippen LogP contribution is -2.42. The molecule has 3 saturated carbocycles. The van der Waals surface area contributed by atoms with E-state index in [1.165, 1.54) is 14.2 Å². The molecule has 1 heterocycles. The second-order valence-electron chi connectivity index (χ2n) is 8.77. The van der Waals surface area contributed by atoms with Gasteiger partial charge in [-0.15, -0.1) is 0 Å². The molecule has 5 nitrogen and oxygen atoms in total. The molecule has 1 aromatic carbocycles. The number of esters is 2. The van der Waals surface area contributed by atoms with Crippen molar-refractivity contribution in [2.24, 2.45) is 23.7 Å². The fraction of sp³-hybridized carbons (Fsp3) is 0.478. The average molecular weight is 413 g/mol. The van der Waals surface area contributed by atoms with Crippen molar-refractivity contribution in [3.63, 3.8) is 0 Å². The van der Waals surface area contributed by atoms with Gasteiger partial charge in [0, 0.05) is 16.9 Å². The van der Waals surface area contributed by atoms with Crippen molar-refractivity contribution in [1.29, 1.82) is 0 Å². The Bertz CT molecular complexity index is 970. The number of fused-ring (bicyclic) bond motifs is 4. The monoisotopic (exact) mass is 412 g/mol. The van der Waals surface area contributed by atoms with Crippen molar-refractivity contribution in [3.8, 4) is 0 Å². The summed E-state index contributed by atoms with van der Waals surface area (Å²) in [5.74, 6) is -0.563. The molecule has 6 heteroatoms. The van der Waals surface area contributed by atoms with E-state index in [4.69, 9.17) is 25.8 Å². The van der Waals surface area contributed by atoms with E-state index in [0.717, 1.165) is 30.4 Å². The Balaban J connectivity index is 1.57. The molecule has 5 aliphatic rings. The molecule has 1 saturated heterocycles. The SMILES string of the molecule is COC(=O)C1=C(C(=O)OC)[C@H]2C(=Cc3ccc(Cl)cc3)[C@H]1[C@@]13O[C@]21[C@H]1CC[C@H]3C1. The third-order valence-electron chi connectivity index (χ3n) is 7.96. The Morgan fingerprint density at radius 3 is 2.00 bits per heavy atom. The minimum atomic E-state index is -0.457. The first-order chi connectivity index (χ1) is 14.0. The van der Waals surface area contributed by atoms with Gasteiger partial charge in [0.25, 0.3) is 0 Å². The zero-order valence-electron chi connectivity index (χ0n) is 16.2. The van der Waals surface area contributed by atoms with Crippen LogP contribution in [0.15, 0.2) is 41.0 Å². The minimum absolute atomic E-state index is 0.250. The average Bonchev–Trinajstić information content (AvgIpc) is 3.03. The van der Waals surface area contributed by atoms with Crippen molar-refractivity contribution in [2.75, 3.05) is 14.2 Å². The van der Waals surface area contributed by atoms with Gasteiger partial charge in [-0.25, -0.2) is 9.59 Å². The summed E-state index contributed by atoms with van der Waals surface area (Å²) in [5.41, 5.74) is 2.22. The molecule has 0 N–H and O–H groups in total. The van der Waals surface area contributed by atoms with Gasteiger partial charge >= 0.3 is 11.9 Å². The molecule has 4 bridgehead atoms. The Morgan fingerprint density at radius 2 is 1.52 bits per heavy atom. The molecule has 0 aromatic heterocycles. The number of carbonyl (C=O) groups excluding carboxylic acids is 2. The van der Waals surface area contributed by atoms with E-state index in [-0.39, 0.29) is 23.0 Å². The zero-order chi connectivity index (χ0) is 20.1. The summed E-state index contributed by atoms with van der Waals surface area (Å²) >= 11 is 6.05. The van der Waals surface area contributed by atoms with Crippen LogP contribution in [0.4, 0.5) is 0 Å². The first-order valence-electron chi connectivity index (χ1n) is 10.1. The maximum absolute atomic E-state index is 12.8. The predicted octanol–water partition coefficient (Wildman–Crippen LogP) is 3.56. The van der Waals surface area contributed by atoms with Gasteiger partial charge in [-0.05, 0) is 54.4 Å². The number of hydrogen-bond acceptors (Lipinski definition) is 5. The molecule has 0 amide bonds. The molecule has 4 aliphatic carbocycles. The number of epoxide rings is 1. The summed E-state index contributed by atoms with van der Waals surface area (Å²) < 4.78 is 16.8.